The zero-order chi connectivity index (χ0) is 24.7. The van der Waals surface area contributed by atoms with Crippen molar-refractivity contribution in [1.29, 1.82) is 0 Å². The van der Waals surface area contributed by atoms with Gasteiger partial charge >= 0.3 is 0 Å². The van der Waals surface area contributed by atoms with Gasteiger partial charge in [-0.2, -0.15) is 5.10 Å². The van der Waals surface area contributed by atoms with Crippen LogP contribution in [0.4, 0.5) is 0 Å². The van der Waals surface area contributed by atoms with E-state index < -0.39 is 0 Å². The van der Waals surface area contributed by atoms with Gasteiger partial charge in [0.2, 0.25) is 0 Å². The molecule has 0 unspecified atom stereocenters. The molecule has 1 aromatic carbocycles. The van der Waals surface area contributed by atoms with Crippen molar-refractivity contribution in [1.82, 2.24) is 25.1 Å². The standard InChI is InChI=1S/C27H25N5O4/c33-18-36-17-32-26(24-3-1-2-11-28-24)23(16-30-32)21-8-12-29-25(15-21)19-4-6-20(7-5-19)27(34)31-22-9-13-35-14-10-22/h1-8,11-12,15-16,18,22H,9-10,13-14,17H2,(H,31,34). The first-order valence-electron chi connectivity index (χ1n) is 11.7. The first kappa shape index (κ1) is 23.4. The Bertz CT molecular complexity index is 1330. The molecule has 0 atom stereocenters. The molecule has 1 fully saturated rings. The third-order valence-corrected chi connectivity index (χ3v) is 6.08. The maximum Gasteiger partial charge on any atom is 0.294 e. The van der Waals surface area contributed by atoms with E-state index in [1.807, 2.05) is 54.6 Å². The highest BCUT2D eigenvalue weighted by molar-refractivity contribution is 5.95. The van der Waals surface area contributed by atoms with Crippen LogP contribution in [0, 0.1) is 0 Å². The zero-order valence-electron chi connectivity index (χ0n) is 19.5. The van der Waals surface area contributed by atoms with Crippen LogP contribution in [-0.2, 0) is 21.0 Å². The van der Waals surface area contributed by atoms with E-state index in [1.54, 1.807) is 23.3 Å². The lowest BCUT2D eigenvalue weighted by Gasteiger charge is -2.23. The number of carbonyl (C=O) groups excluding carboxylic acids is 2. The molecule has 0 aliphatic carbocycles. The number of ether oxygens (including phenoxy) is 2. The van der Waals surface area contributed by atoms with E-state index in [4.69, 9.17) is 9.47 Å². The Labute approximate surface area is 208 Å². The van der Waals surface area contributed by atoms with Gasteiger partial charge in [0.05, 0.1) is 23.3 Å². The Morgan fingerprint density at radius 3 is 2.58 bits per heavy atom. The van der Waals surface area contributed by atoms with Crippen LogP contribution in [0.3, 0.4) is 0 Å². The first-order chi connectivity index (χ1) is 17.7. The minimum atomic E-state index is -0.0832. The van der Waals surface area contributed by atoms with Gasteiger partial charge in [0.15, 0.2) is 6.73 Å². The van der Waals surface area contributed by atoms with Crippen molar-refractivity contribution in [2.75, 3.05) is 13.2 Å². The van der Waals surface area contributed by atoms with E-state index in [-0.39, 0.29) is 18.7 Å². The molecule has 36 heavy (non-hydrogen) atoms. The van der Waals surface area contributed by atoms with Gasteiger partial charge in [0.1, 0.15) is 0 Å². The molecule has 1 saturated heterocycles. The summed E-state index contributed by atoms with van der Waals surface area (Å²) in [5.74, 6) is -0.0832. The minimum Gasteiger partial charge on any atom is -0.445 e. The summed E-state index contributed by atoms with van der Waals surface area (Å²) in [6.07, 6.45) is 6.82. The van der Waals surface area contributed by atoms with Gasteiger partial charge in [-0.1, -0.05) is 18.2 Å². The molecule has 4 heterocycles. The van der Waals surface area contributed by atoms with E-state index in [1.165, 1.54) is 0 Å². The predicted octanol–water partition coefficient (Wildman–Crippen LogP) is 3.71. The van der Waals surface area contributed by atoms with Crippen LogP contribution in [0.25, 0.3) is 33.8 Å². The number of pyridine rings is 2. The van der Waals surface area contributed by atoms with Gasteiger partial charge in [0, 0.05) is 48.3 Å². The number of amides is 1. The van der Waals surface area contributed by atoms with Crippen LogP contribution >= 0.6 is 0 Å². The maximum absolute atomic E-state index is 12.6. The van der Waals surface area contributed by atoms with Crippen molar-refractivity contribution in [2.45, 2.75) is 25.6 Å². The number of nitrogens with one attached hydrogen (secondary N) is 1. The molecule has 1 amide bonds. The van der Waals surface area contributed by atoms with Gasteiger partial charge in [-0.25, -0.2) is 4.68 Å². The highest BCUT2D eigenvalue weighted by Gasteiger charge is 2.18. The van der Waals surface area contributed by atoms with Gasteiger partial charge in [-0.15, -0.1) is 0 Å². The lowest BCUT2D eigenvalue weighted by molar-refractivity contribution is -0.132. The number of aromatic nitrogens is 4. The Kier molecular flexibility index (Phi) is 7.09. The smallest absolute Gasteiger partial charge is 0.294 e. The van der Waals surface area contributed by atoms with Crippen LogP contribution in [0.1, 0.15) is 23.2 Å². The summed E-state index contributed by atoms with van der Waals surface area (Å²) in [5.41, 5.74) is 5.41. The second kappa shape index (κ2) is 10.9. The Morgan fingerprint density at radius 2 is 1.83 bits per heavy atom. The predicted molar refractivity (Wildman–Crippen MR) is 133 cm³/mol. The molecule has 182 valence electrons. The third-order valence-electron chi connectivity index (χ3n) is 6.08. The van der Waals surface area contributed by atoms with Crippen molar-refractivity contribution in [3.63, 3.8) is 0 Å². The Balaban J connectivity index is 1.41. The summed E-state index contributed by atoms with van der Waals surface area (Å²) in [5, 5.41) is 7.49. The number of hydrogen-bond acceptors (Lipinski definition) is 7. The summed E-state index contributed by atoms with van der Waals surface area (Å²) >= 11 is 0. The molecule has 3 aromatic heterocycles. The molecule has 0 saturated carbocycles. The quantitative estimate of drug-likeness (QED) is 0.381. The van der Waals surface area contributed by atoms with Crippen molar-refractivity contribution in [2.24, 2.45) is 0 Å². The van der Waals surface area contributed by atoms with Crippen LogP contribution in [0.2, 0.25) is 0 Å². The van der Waals surface area contributed by atoms with Crippen molar-refractivity contribution in [3.05, 3.63) is 78.8 Å². The topological polar surface area (TPSA) is 108 Å². The molecule has 9 nitrogen and oxygen atoms in total. The van der Waals surface area contributed by atoms with Crippen LogP contribution < -0.4 is 5.32 Å². The summed E-state index contributed by atoms with van der Waals surface area (Å²) in [7, 11) is 0. The summed E-state index contributed by atoms with van der Waals surface area (Å²) in [6.45, 7) is 1.72. The maximum atomic E-state index is 12.6. The number of rotatable bonds is 8. The molecule has 1 aliphatic rings. The van der Waals surface area contributed by atoms with Crippen molar-refractivity contribution < 1.29 is 19.1 Å². The molecule has 9 heteroatoms. The second-order valence-electron chi connectivity index (χ2n) is 8.38. The number of nitrogens with zero attached hydrogens (tertiary/aromatic N) is 4. The molecule has 0 radical (unpaired) electrons. The highest BCUT2D eigenvalue weighted by Crippen LogP contribution is 2.32. The lowest BCUT2D eigenvalue weighted by Crippen LogP contribution is -2.38. The Morgan fingerprint density at radius 1 is 1.03 bits per heavy atom. The molecule has 4 aromatic rings. The molecular formula is C27H25N5O4. The van der Waals surface area contributed by atoms with E-state index in [2.05, 4.69) is 20.4 Å². The zero-order valence-corrected chi connectivity index (χ0v) is 19.5. The molecule has 0 bridgehead atoms. The lowest BCUT2D eigenvalue weighted by atomic mass is 10.0. The van der Waals surface area contributed by atoms with Crippen LogP contribution in [-0.4, -0.2) is 51.4 Å². The minimum absolute atomic E-state index is 0.0231. The summed E-state index contributed by atoms with van der Waals surface area (Å²) in [6, 6.07) is 17.0. The van der Waals surface area contributed by atoms with Gasteiger partial charge in [-0.3, -0.25) is 19.6 Å². The van der Waals surface area contributed by atoms with E-state index in [0.717, 1.165) is 40.9 Å². The second-order valence-corrected chi connectivity index (χ2v) is 8.38. The number of benzene rings is 1. The van der Waals surface area contributed by atoms with Crippen LogP contribution in [0.15, 0.2) is 73.2 Å². The molecule has 1 aliphatic heterocycles. The van der Waals surface area contributed by atoms with Crippen molar-refractivity contribution in [3.8, 4) is 33.8 Å². The normalized spacial score (nSPS) is 13.8. The average molecular weight is 484 g/mol. The van der Waals surface area contributed by atoms with E-state index >= 15 is 0 Å². The molecule has 1 N–H and O–H groups in total. The van der Waals surface area contributed by atoms with Gasteiger partial charge in [0.25, 0.3) is 12.4 Å². The largest absolute Gasteiger partial charge is 0.445 e. The molecule has 5 rings (SSSR count). The van der Waals surface area contributed by atoms with Gasteiger partial charge in [-0.05, 0) is 54.8 Å². The summed E-state index contributed by atoms with van der Waals surface area (Å²) < 4.78 is 11.9. The number of carbonyl (C=O) groups is 2. The SMILES string of the molecule is O=COCn1ncc(-c2ccnc(-c3ccc(C(=O)NC4CCOCC4)cc3)c2)c1-c1ccccn1. The third kappa shape index (κ3) is 5.16. The Hall–Kier alpha value is -4.37. The fourth-order valence-corrected chi connectivity index (χ4v) is 4.23. The van der Waals surface area contributed by atoms with E-state index in [0.29, 0.717) is 30.9 Å². The molecular weight excluding hydrogens is 458 g/mol. The summed E-state index contributed by atoms with van der Waals surface area (Å²) in [4.78, 5) is 32.4. The monoisotopic (exact) mass is 483 g/mol. The average Bonchev–Trinajstić information content (AvgIpc) is 3.37. The fraction of sp³-hybridized carbons (Fsp3) is 0.222. The first-order valence-corrected chi connectivity index (χ1v) is 11.7. The molecule has 0 spiro atoms. The number of hydrogen-bond donors (Lipinski definition) is 1. The fourth-order valence-electron chi connectivity index (χ4n) is 4.23. The van der Waals surface area contributed by atoms with E-state index in [9.17, 15) is 9.59 Å². The van der Waals surface area contributed by atoms with Crippen LogP contribution in [0.5, 0.6) is 0 Å². The van der Waals surface area contributed by atoms with Gasteiger partial charge < -0.3 is 14.8 Å². The highest BCUT2D eigenvalue weighted by atomic mass is 16.5. The van der Waals surface area contributed by atoms with Crippen molar-refractivity contribution >= 4 is 12.4 Å².